The number of imide groups is 1. The summed E-state index contributed by atoms with van der Waals surface area (Å²) in [6.45, 7) is 0.790. The van der Waals surface area contributed by atoms with Crippen LogP contribution >= 0.6 is 0 Å². The number of hydrogen-bond donors (Lipinski definition) is 3. The van der Waals surface area contributed by atoms with Crippen molar-refractivity contribution < 1.29 is 19.2 Å². The Bertz CT molecular complexity index is 548. The highest BCUT2D eigenvalue weighted by molar-refractivity contribution is 6.07. The van der Waals surface area contributed by atoms with E-state index >= 15 is 0 Å². The molecule has 0 aromatic heterocycles. The van der Waals surface area contributed by atoms with Crippen LogP contribution in [0.2, 0.25) is 0 Å². The van der Waals surface area contributed by atoms with Crippen molar-refractivity contribution in [2.45, 2.75) is 50.5 Å². The number of urea groups is 1. The van der Waals surface area contributed by atoms with Gasteiger partial charge in [0.1, 0.15) is 5.54 Å². The third kappa shape index (κ3) is 3.37. The Morgan fingerprint density at radius 3 is 2.38 bits per heavy atom. The van der Waals surface area contributed by atoms with Gasteiger partial charge in [-0.1, -0.05) is 19.3 Å². The molecular weight excluding hydrogens is 312 g/mol. The molecule has 3 N–H and O–H groups in total. The maximum absolute atomic E-state index is 12.3. The first-order valence-corrected chi connectivity index (χ1v) is 8.69. The average molecular weight is 336 g/mol. The summed E-state index contributed by atoms with van der Waals surface area (Å²) in [5.41, 5.74) is -0.876. The molecule has 132 valence electrons. The van der Waals surface area contributed by atoms with E-state index in [0.29, 0.717) is 25.9 Å². The second-order valence-electron chi connectivity index (χ2n) is 6.92. The fraction of sp³-hybridized carbons (Fsp3) is 0.750. The van der Waals surface area contributed by atoms with Crippen molar-refractivity contribution in [3.63, 3.8) is 0 Å². The van der Waals surface area contributed by atoms with Gasteiger partial charge in [0.05, 0.1) is 6.54 Å². The molecule has 1 saturated carbocycles. The van der Waals surface area contributed by atoms with E-state index in [1.807, 2.05) is 0 Å². The zero-order chi connectivity index (χ0) is 17.2. The van der Waals surface area contributed by atoms with Gasteiger partial charge in [-0.25, -0.2) is 4.79 Å². The van der Waals surface area contributed by atoms with Crippen molar-refractivity contribution in [2.24, 2.45) is 5.92 Å². The molecule has 0 aromatic rings. The van der Waals surface area contributed by atoms with Crippen LogP contribution in [0.5, 0.6) is 0 Å². The van der Waals surface area contributed by atoms with E-state index in [9.17, 15) is 19.2 Å². The SMILES string of the molecule is O=C1NC(=O)C2(CCN(C(=O)CNC(=O)C3CCCCC3)CC2)N1. The van der Waals surface area contributed by atoms with Gasteiger partial charge in [0.15, 0.2) is 0 Å². The lowest BCUT2D eigenvalue weighted by molar-refractivity contribution is -0.137. The molecule has 1 spiro atoms. The number of nitrogens with zero attached hydrogens (tertiary/aromatic N) is 1. The van der Waals surface area contributed by atoms with Crippen LogP contribution in [-0.2, 0) is 14.4 Å². The van der Waals surface area contributed by atoms with Crippen LogP contribution in [0.25, 0.3) is 0 Å². The van der Waals surface area contributed by atoms with Crippen LogP contribution in [0, 0.1) is 5.92 Å². The second kappa shape index (κ2) is 6.78. The Balaban J connectivity index is 1.44. The summed E-state index contributed by atoms with van der Waals surface area (Å²) in [4.78, 5) is 49.2. The zero-order valence-electron chi connectivity index (χ0n) is 13.7. The molecule has 3 aliphatic rings. The zero-order valence-corrected chi connectivity index (χ0v) is 13.7. The Hall–Kier alpha value is -2.12. The van der Waals surface area contributed by atoms with Gasteiger partial charge in [-0.3, -0.25) is 19.7 Å². The first-order valence-electron chi connectivity index (χ1n) is 8.69. The van der Waals surface area contributed by atoms with Crippen molar-refractivity contribution in [1.82, 2.24) is 20.9 Å². The second-order valence-corrected chi connectivity index (χ2v) is 6.92. The number of piperidine rings is 1. The van der Waals surface area contributed by atoms with Gasteiger partial charge in [-0.15, -0.1) is 0 Å². The van der Waals surface area contributed by atoms with Crippen LogP contribution in [0.3, 0.4) is 0 Å². The summed E-state index contributed by atoms with van der Waals surface area (Å²) >= 11 is 0. The molecule has 24 heavy (non-hydrogen) atoms. The number of carbonyl (C=O) groups excluding carboxylic acids is 4. The molecule has 0 atom stereocenters. The quantitative estimate of drug-likeness (QED) is 0.625. The number of rotatable bonds is 3. The maximum atomic E-state index is 12.3. The Kier molecular flexibility index (Phi) is 4.73. The molecule has 0 bridgehead atoms. The molecule has 2 heterocycles. The number of nitrogens with one attached hydrogen (secondary N) is 3. The molecule has 2 saturated heterocycles. The molecule has 3 fully saturated rings. The molecular formula is C16H24N4O4. The summed E-state index contributed by atoms with van der Waals surface area (Å²) in [6, 6.07) is -0.473. The van der Waals surface area contributed by atoms with Crippen LogP contribution < -0.4 is 16.0 Å². The van der Waals surface area contributed by atoms with Crippen LogP contribution in [0.15, 0.2) is 0 Å². The van der Waals surface area contributed by atoms with Crippen molar-refractivity contribution in [1.29, 1.82) is 0 Å². The van der Waals surface area contributed by atoms with E-state index in [2.05, 4.69) is 16.0 Å². The predicted molar refractivity (Wildman–Crippen MR) is 84.8 cm³/mol. The molecule has 0 unspecified atom stereocenters. The highest BCUT2D eigenvalue weighted by atomic mass is 16.2. The minimum Gasteiger partial charge on any atom is -0.347 e. The monoisotopic (exact) mass is 336 g/mol. The Morgan fingerprint density at radius 2 is 1.79 bits per heavy atom. The normalized spacial score (nSPS) is 23.8. The molecule has 8 heteroatoms. The van der Waals surface area contributed by atoms with Crippen molar-refractivity contribution in [3.05, 3.63) is 0 Å². The van der Waals surface area contributed by atoms with Gasteiger partial charge in [0.2, 0.25) is 11.8 Å². The summed E-state index contributed by atoms with van der Waals surface area (Å²) in [6.07, 6.45) is 5.94. The highest BCUT2D eigenvalue weighted by Crippen LogP contribution is 2.26. The summed E-state index contributed by atoms with van der Waals surface area (Å²) in [7, 11) is 0. The van der Waals surface area contributed by atoms with E-state index in [-0.39, 0.29) is 30.2 Å². The van der Waals surface area contributed by atoms with Gasteiger partial charge in [0.25, 0.3) is 5.91 Å². The highest BCUT2D eigenvalue weighted by Gasteiger charge is 2.48. The van der Waals surface area contributed by atoms with E-state index in [0.717, 1.165) is 25.7 Å². The van der Waals surface area contributed by atoms with Gasteiger partial charge >= 0.3 is 6.03 Å². The van der Waals surface area contributed by atoms with Gasteiger partial charge in [-0.2, -0.15) is 0 Å². The number of amides is 5. The van der Waals surface area contributed by atoms with Crippen molar-refractivity contribution >= 4 is 23.8 Å². The third-order valence-corrected chi connectivity index (χ3v) is 5.37. The third-order valence-electron chi connectivity index (χ3n) is 5.37. The minimum absolute atomic E-state index is 0.000882. The van der Waals surface area contributed by atoms with E-state index < -0.39 is 11.6 Å². The Morgan fingerprint density at radius 1 is 1.12 bits per heavy atom. The lowest BCUT2D eigenvalue weighted by atomic mass is 9.87. The maximum Gasteiger partial charge on any atom is 0.322 e. The molecule has 3 rings (SSSR count). The minimum atomic E-state index is -0.876. The van der Waals surface area contributed by atoms with Gasteiger partial charge < -0.3 is 15.5 Å². The summed E-state index contributed by atoms with van der Waals surface area (Å²) < 4.78 is 0. The van der Waals surface area contributed by atoms with Crippen molar-refractivity contribution in [3.8, 4) is 0 Å². The number of hydrogen-bond acceptors (Lipinski definition) is 4. The molecule has 0 aromatic carbocycles. The Labute approximate surface area is 140 Å². The first kappa shape index (κ1) is 16.7. The largest absolute Gasteiger partial charge is 0.347 e. The van der Waals surface area contributed by atoms with E-state index in [4.69, 9.17) is 0 Å². The average Bonchev–Trinajstić information content (AvgIpc) is 2.87. The molecule has 5 amide bonds. The lowest BCUT2D eigenvalue weighted by Gasteiger charge is -2.37. The van der Waals surface area contributed by atoms with Gasteiger partial charge in [-0.05, 0) is 25.7 Å². The van der Waals surface area contributed by atoms with Crippen LogP contribution in [0.1, 0.15) is 44.9 Å². The summed E-state index contributed by atoms with van der Waals surface area (Å²) in [5, 5.41) is 7.66. The van der Waals surface area contributed by atoms with E-state index in [1.165, 1.54) is 6.42 Å². The van der Waals surface area contributed by atoms with Crippen LogP contribution in [0.4, 0.5) is 4.79 Å². The molecule has 0 radical (unpaired) electrons. The smallest absolute Gasteiger partial charge is 0.322 e. The lowest BCUT2D eigenvalue weighted by Crippen LogP contribution is -2.56. The standard InChI is InChI=1S/C16H24N4O4/c21-12(10-17-13(22)11-4-2-1-3-5-11)20-8-6-16(7-9-20)14(23)18-15(24)19-16/h11H,1-10H2,(H,17,22)(H2,18,19,23,24). The number of likely N-dealkylation sites (tertiary alicyclic amines) is 1. The topological polar surface area (TPSA) is 108 Å². The fourth-order valence-corrected chi connectivity index (χ4v) is 3.80. The number of carbonyl (C=O) groups is 4. The van der Waals surface area contributed by atoms with E-state index in [1.54, 1.807) is 4.90 Å². The molecule has 1 aliphatic carbocycles. The molecule has 8 nitrogen and oxygen atoms in total. The molecule has 2 aliphatic heterocycles. The van der Waals surface area contributed by atoms with Crippen LogP contribution in [-0.4, -0.2) is 53.8 Å². The first-order chi connectivity index (χ1) is 11.5. The fourth-order valence-electron chi connectivity index (χ4n) is 3.80. The summed E-state index contributed by atoms with van der Waals surface area (Å²) in [5.74, 6) is -0.448. The van der Waals surface area contributed by atoms with Crippen molar-refractivity contribution in [2.75, 3.05) is 19.6 Å². The van der Waals surface area contributed by atoms with Gasteiger partial charge in [0, 0.05) is 19.0 Å². The predicted octanol–water partition coefficient (Wildman–Crippen LogP) is -0.116.